The zero-order chi connectivity index (χ0) is 7.56. The summed E-state index contributed by atoms with van der Waals surface area (Å²) in [5.41, 5.74) is 5.79. The summed E-state index contributed by atoms with van der Waals surface area (Å²) in [6.07, 6.45) is 2.42. The highest BCUT2D eigenvalue weighted by molar-refractivity contribution is 4.72. The Balaban J connectivity index is 2.32. The number of nitrogens with two attached hydrogens (primary N) is 1. The second-order valence-electron chi connectivity index (χ2n) is 3.16. The Kier molecular flexibility index (Phi) is 2.65. The van der Waals surface area contributed by atoms with Gasteiger partial charge in [0.05, 0.1) is 0 Å². The summed E-state index contributed by atoms with van der Waals surface area (Å²) < 4.78 is 0. The van der Waals surface area contributed by atoms with Gasteiger partial charge >= 0.3 is 0 Å². The van der Waals surface area contributed by atoms with Crippen LogP contribution >= 0.6 is 0 Å². The van der Waals surface area contributed by atoms with Gasteiger partial charge in [0, 0.05) is 33.2 Å². The highest BCUT2D eigenvalue weighted by atomic mass is 15.6. The van der Waals surface area contributed by atoms with Crippen LogP contribution in [0.1, 0.15) is 12.8 Å². The topological polar surface area (TPSA) is 32.5 Å². The fraction of sp³-hybridized carbons (Fsp3) is 1.00. The van der Waals surface area contributed by atoms with E-state index in [1.807, 2.05) is 0 Å². The maximum absolute atomic E-state index is 5.79. The van der Waals surface area contributed by atoms with Gasteiger partial charge in [0.15, 0.2) is 0 Å². The van der Waals surface area contributed by atoms with Gasteiger partial charge in [0.2, 0.25) is 0 Å². The first kappa shape index (κ1) is 7.98. The van der Waals surface area contributed by atoms with E-state index in [-0.39, 0.29) is 0 Å². The Bertz CT molecular complexity index is 103. The van der Waals surface area contributed by atoms with Gasteiger partial charge in [-0.05, 0) is 12.8 Å². The molecule has 0 aliphatic carbocycles. The predicted molar refractivity (Wildman–Crippen MR) is 42.5 cm³/mol. The molecule has 1 unspecified atom stereocenters. The summed E-state index contributed by atoms with van der Waals surface area (Å²) in [7, 11) is 4.14. The Hall–Kier alpha value is -0.120. The van der Waals surface area contributed by atoms with Gasteiger partial charge in [-0.1, -0.05) is 0 Å². The van der Waals surface area contributed by atoms with Gasteiger partial charge in [-0.25, -0.2) is 10.0 Å². The van der Waals surface area contributed by atoms with E-state index in [2.05, 4.69) is 24.1 Å². The number of hydrazine groups is 1. The van der Waals surface area contributed by atoms with Crippen LogP contribution in [-0.4, -0.2) is 43.2 Å². The Morgan fingerprint density at radius 3 is 2.60 bits per heavy atom. The number of hydrogen-bond acceptors (Lipinski definition) is 3. The van der Waals surface area contributed by atoms with E-state index >= 15 is 0 Å². The van der Waals surface area contributed by atoms with E-state index in [1.54, 1.807) is 0 Å². The predicted octanol–water partition coefficient (Wildman–Crippen LogP) is -0.114. The van der Waals surface area contributed by atoms with Gasteiger partial charge in [0.25, 0.3) is 0 Å². The van der Waals surface area contributed by atoms with E-state index < -0.39 is 0 Å². The first-order chi connectivity index (χ1) is 4.70. The van der Waals surface area contributed by atoms with Crippen molar-refractivity contribution in [2.24, 2.45) is 5.73 Å². The monoisotopic (exact) mass is 143 g/mol. The molecule has 0 amide bonds. The lowest BCUT2D eigenvalue weighted by Crippen LogP contribution is -2.48. The van der Waals surface area contributed by atoms with Crippen molar-refractivity contribution in [2.75, 3.05) is 27.2 Å². The SMILES string of the molecule is CN(C)N1CCCC(N)C1. The lowest BCUT2D eigenvalue weighted by molar-refractivity contribution is 0.000677. The summed E-state index contributed by atoms with van der Waals surface area (Å²) in [6, 6.07) is 0.385. The third kappa shape index (κ3) is 1.94. The third-order valence-corrected chi connectivity index (χ3v) is 2.00. The third-order valence-electron chi connectivity index (χ3n) is 2.00. The Morgan fingerprint density at radius 2 is 2.20 bits per heavy atom. The molecule has 0 radical (unpaired) electrons. The molecule has 0 aromatic rings. The van der Waals surface area contributed by atoms with Crippen molar-refractivity contribution in [3.63, 3.8) is 0 Å². The van der Waals surface area contributed by atoms with Crippen molar-refractivity contribution in [3.05, 3.63) is 0 Å². The molecule has 3 heteroatoms. The second-order valence-corrected chi connectivity index (χ2v) is 3.16. The van der Waals surface area contributed by atoms with E-state index in [1.165, 1.54) is 19.4 Å². The molecule has 0 aromatic heterocycles. The molecule has 10 heavy (non-hydrogen) atoms. The van der Waals surface area contributed by atoms with E-state index in [0.717, 1.165) is 6.54 Å². The number of hydrogen-bond donors (Lipinski definition) is 1. The van der Waals surface area contributed by atoms with E-state index in [9.17, 15) is 0 Å². The average Bonchev–Trinajstić information content (AvgIpc) is 1.88. The van der Waals surface area contributed by atoms with Crippen LogP contribution in [-0.2, 0) is 0 Å². The highest BCUT2D eigenvalue weighted by Crippen LogP contribution is 2.07. The zero-order valence-corrected chi connectivity index (χ0v) is 6.88. The van der Waals surface area contributed by atoms with E-state index in [0.29, 0.717) is 6.04 Å². The molecule has 0 aromatic carbocycles. The summed E-state index contributed by atoms with van der Waals surface area (Å²) in [6.45, 7) is 2.19. The molecule has 1 fully saturated rings. The van der Waals surface area contributed by atoms with Crippen molar-refractivity contribution >= 4 is 0 Å². The molecule has 0 saturated carbocycles. The Morgan fingerprint density at radius 1 is 1.50 bits per heavy atom. The molecule has 1 aliphatic rings. The van der Waals surface area contributed by atoms with Crippen LogP contribution in [0, 0.1) is 0 Å². The van der Waals surface area contributed by atoms with Crippen LogP contribution in [0.25, 0.3) is 0 Å². The Labute approximate surface area is 62.8 Å². The molecule has 1 heterocycles. The molecule has 1 aliphatic heterocycles. The summed E-state index contributed by atoms with van der Waals surface area (Å²) >= 11 is 0. The van der Waals surface area contributed by atoms with Gasteiger partial charge < -0.3 is 5.73 Å². The van der Waals surface area contributed by atoms with E-state index in [4.69, 9.17) is 5.73 Å². The second kappa shape index (κ2) is 3.32. The van der Waals surface area contributed by atoms with Gasteiger partial charge in [-0.15, -0.1) is 0 Å². The smallest absolute Gasteiger partial charge is 0.0285 e. The minimum Gasteiger partial charge on any atom is -0.326 e. The van der Waals surface area contributed by atoms with Gasteiger partial charge in [0.1, 0.15) is 0 Å². The first-order valence-corrected chi connectivity index (χ1v) is 3.88. The molecule has 60 valence electrons. The summed E-state index contributed by atoms with van der Waals surface area (Å²) in [5, 5.41) is 4.41. The normalized spacial score (nSPS) is 29.4. The molecule has 0 spiro atoms. The van der Waals surface area contributed by atoms with Gasteiger partial charge in [-0.3, -0.25) is 0 Å². The van der Waals surface area contributed by atoms with Crippen LogP contribution in [0.2, 0.25) is 0 Å². The maximum Gasteiger partial charge on any atom is 0.0285 e. The lowest BCUT2D eigenvalue weighted by atomic mass is 10.1. The fourth-order valence-corrected chi connectivity index (χ4v) is 1.35. The van der Waals surface area contributed by atoms with Crippen molar-refractivity contribution in [1.82, 2.24) is 10.0 Å². The van der Waals surface area contributed by atoms with Crippen molar-refractivity contribution < 1.29 is 0 Å². The molecule has 0 bridgehead atoms. The molecular weight excluding hydrogens is 126 g/mol. The molecule has 1 saturated heterocycles. The summed E-state index contributed by atoms with van der Waals surface area (Å²) in [5.74, 6) is 0. The van der Waals surface area contributed by atoms with Gasteiger partial charge in [-0.2, -0.15) is 0 Å². The standard InChI is InChI=1S/C7H17N3/c1-9(2)10-5-3-4-7(8)6-10/h7H,3-6,8H2,1-2H3. The number of rotatable bonds is 1. The lowest BCUT2D eigenvalue weighted by Gasteiger charge is -2.35. The first-order valence-electron chi connectivity index (χ1n) is 3.88. The minimum absolute atomic E-state index is 0.385. The average molecular weight is 143 g/mol. The van der Waals surface area contributed by atoms with Crippen LogP contribution < -0.4 is 5.73 Å². The molecular formula is C7H17N3. The van der Waals surface area contributed by atoms with Crippen LogP contribution in [0.4, 0.5) is 0 Å². The number of nitrogens with zero attached hydrogens (tertiary/aromatic N) is 2. The molecule has 1 atom stereocenters. The molecule has 2 N–H and O–H groups in total. The number of piperidine rings is 1. The molecule has 3 nitrogen and oxygen atoms in total. The van der Waals surface area contributed by atoms with Crippen molar-refractivity contribution in [1.29, 1.82) is 0 Å². The van der Waals surface area contributed by atoms with Crippen LogP contribution in [0.15, 0.2) is 0 Å². The quantitative estimate of drug-likeness (QED) is 0.556. The van der Waals surface area contributed by atoms with Crippen molar-refractivity contribution in [3.8, 4) is 0 Å². The van der Waals surface area contributed by atoms with Crippen LogP contribution in [0.3, 0.4) is 0 Å². The highest BCUT2D eigenvalue weighted by Gasteiger charge is 2.17. The van der Waals surface area contributed by atoms with Crippen LogP contribution in [0.5, 0.6) is 0 Å². The fourth-order valence-electron chi connectivity index (χ4n) is 1.35. The zero-order valence-electron chi connectivity index (χ0n) is 6.88. The summed E-state index contributed by atoms with van der Waals surface area (Å²) in [4.78, 5) is 0. The maximum atomic E-state index is 5.79. The van der Waals surface area contributed by atoms with Crippen molar-refractivity contribution in [2.45, 2.75) is 18.9 Å². The minimum atomic E-state index is 0.385. The largest absolute Gasteiger partial charge is 0.326 e. The molecule has 1 rings (SSSR count).